The van der Waals surface area contributed by atoms with E-state index in [4.69, 9.17) is 9.47 Å². The summed E-state index contributed by atoms with van der Waals surface area (Å²) >= 11 is 0. The van der Waals surface area contributed by atoms with Gasteiger partial charge in [-0.15, -0.1) is 0 Å². The third kappa shape index (κ3) is 7.33. The molecule has 4 fully saturated rings. The number of ether oxygens (including phenoxy) is 2. The van der Waals surface area contributed by atoms with Crippen LogP contribution in [0.4, 0.5) is 4.79 Å². The van der Waals surface area contributed by atoms with Crippen LogP contribution in [0.5, 0.6) is 0 Å². The summed E-state index contributed by atoms with van der Waals surface area (Å²) in [7, 11) is 0. The molecule has 0 aromatic carbocycles. The van der Waals surface area contributed by atoms with E-state index in [0.29, 0.717) is 26.0 Å². The Morgan fingerprint density at radius 3 is 2.35 bits per heavy atom. The number of nitrogens with zero attached hydrogens (tertiary/aromatic N) is 1. The summed E-state index contributed by atoms with van der Waals surface area (Å²) in [6, 6.07) is -2.76. The smallest absolute Gasteiger partial charge is 0.408 e. The highest BCUT2D eigenvalue weighted by Crippen LogP contribution is 2.64. The molecule has 4 amide bonds. The van der Waals surface area contributed by atoms with Crippen LogP contribution in [0.3, 0.4) is 0 Å². The first kappa shape index (κ1) is 30.3. The zero-order valence-electron chi connectivity index (χ0n) is 24.5. The number of rotatable bonds is 4. The van der Waals surface area contributed by atoms with Crippen molar-refractivity contribution in [3.63, 3.8) is 0 Å². The number of Topliss-reactive ketones (excluding diaryl/α,β-unsaturated/α-hetero) is 1. The van der Waals surface area contributed by atoms with Crippen LogP contribution in [0.15, 0.2) is 0 Å². The van der Waals surface area contributed by atoms with Crippen molar-refractivity contribution < 1.29 is 33.4 Å². The van der Waals surface area contributed by atoms with E-state index in [1.54, 1.807) is 20.8 Å². The van der Waals surface area contributed by atoms with Gasteiger partial charge < -0.3 is 30.3 Å². The fourth-order valence-corrected chi connectivity index (χ4v) is 6.09. The molecule has 4 aliphatic rings. The summed E-state index contributed by atoms with van der Waals surface area (Å²) in [4.78, 5) is 67.5. The Bertz CT molecular complexity index is 1000. The Morgan fingerprint density at radius 2 is 1.68 bits per heavy atom. The molecule has 224 valence electrons. The van der Waals surface area contributed by atoms with Crippen LogP contribution in [0, 0.1) is 17.3 Å². The van der Waals surface area contributed by atoms with Crippen molar-refractivity contribution in [3.05, 3.63) is 0 Å². The molecule has 0 radical (unpaired) electrons. The summed E-state index contributed by atoms with van der Waals surface area (Å²) in [5, 5.41) is 8.25. The molecule has 2 saturated carbocycles. The lowest BCUT2D eigenvalue weighted by molar-refractivity contribution is -0.145. The molecule has 5 atom stereocenters. The summed E-state index contributed by atoms with van der Waals surface area (Å²) in [5.41, 5.74) is -0.894. The highest BCUT2D eigenvalue weighted by molar-refractivity contribution is 6.38. The third-order valence-electron chi connectivity index (χ3n) is 8.58. The van der Waals surface area contributed by atoms with Gasteiger partial charge in [-0.25, -0.2) is 4.79 Å². The van der Waals surface area contributed by atoms with E-state index in [0.717, 1.165) is 38.5 Å². The van der Waals surface area contributed by atoms with Crippen molar-refractivity contribution in [1.82, 2.24) is 20.9 Å². The molecule has 2 aliphatic carbocycles. The van der Waals surface area contributed by atoms with Crippen LogP contribution in [-0.2, 0) is 28.7 Å². The van der Waals surface area contributed by atoms with Crippen molar-refractivity contribution in [2.75, 3.05) is 19.8 Å². The summed E-state index contributed by atoms with van der Waals surface area (Å²) < 4.78 is 11.2. The van der Waals surface area contributed by atoms with Gasteiger partial charge in [0.2, 0.25) is 17.6 Å². The van der Waals surface area contributed by atoms with E-state index in [1.165, 1.54) is 4.90 Å². The minimum atomic E-state index is -1.03. The van der Waals surface area contributed by atoms with Crippen LogP contribution in [-0.4, -0.2) is 84.0 Å². The molecule has 11 nitrogen and oxygen atoms in total. The summed E-state index contributed by atoms with van der Waals surface area (Å²) in [6.07, 6.45) is 5.50. The van der Waals surface area contributed by atoms with Crippen LogP contribution in [0.25, 0.3) is 0 Å². The molecular weight excluding hydrogens is 516 g/mol. The number of fused-ring (bicyclic) bond motifs is 3. The van der Waals surface area contributed by atoms with Crippen molar-refractivity contribution in [1.29, 1.82) is 0 Å². The quantitative estimate of drug-likeness (QED) is 0.445. The lowest BCUT2D eigenvalue weighted by atomic mass is 9.98. The van der Waals surface area contributed by atoms with Gasteiger partial charge in [0.1, 0.15) is 17.7 Å². The predicted octanol–water partition coefficient (Wildman–Crippen LogP) is 2.07. The first-order valence-electron chi connectivity index (χ1n) is 14.8. The van der Waals surface area contributed by atoms with Crippen molar-refractivity contribution in [3.8, 4) is 0 Å². The highest BCUT2D eigenvalue weighted by Gasteiger charge is 2.69. The Morgan fingerprint density at radius 1 is 1.00 bits per heavy atom. The highest BCUT2D eigenvalue weighted by atomic mass is 16.6. The van der Waals surface area contributed by atoms with Gasteiger partial charge in [-0.3, -0.25) is 19.2 Å². The Balaban J connectivity index is 1.55. The second-order valence-electron chi connectivity index (χ2n) is 13.4. The summed E-state index contributed by atoms with van der Waals surface area (Å²) in [5.74, 6) is -2.13. The standard InChI is InChI=1S/C29H46N4O7/c1-28(2,3)40-27(38)32-20-16-39-14-10-8-6-7-9-11-19(23(34)25(36)30-17-12-13-17)31-24(35)22-21-18(29(21,4)5)15-33(22)26(20)37/h17-22H,6-16H2,1-5H3,(H,30,36)(H,31,35)(H,32,38)/t18-,19-,20-,21-,22?/m0/s1. The van der Waals surface area contributed by atoms with E-state index in [9.17, 15) is 24.0 Å². The van der Waals surface area contributed by atoms with Gasteiger partial charge in [-0.1, -0.05) is 39.5 Å². The summed E-state index contributed by atoms with van der Waals surface area (Å²) in [6.45, 7) is 10.1. The van der Waals surface area contributed by atoms with Gasteiger partial charge >= 0.3 is 6.09 Å². The molecule has 4 rings (SSSR count). The van der Waals surface area contributed by atoms with Crippen molar-refractivity contribution in [2.24, 2.45) is 17.3 Å². The molecule has 0 aromatic heterocycles. The Hall–Kier alpha value is -2.69. The molecule has 3 N–H and O–H groups in total. The van der Waals surface area contributed by atoms with E-state index < -0.39 is 53.3 Å². The monoisotopic (exact) mass is 562 g/mol. The van der Waals surface area contributed by atoms with Gasteiger partial charge in [0.15, 0.2) is 0 Å². The SMILES string of the molecule is CC(C)(C)OC(=O)N[C@H]1COCCCCCCC[C@@H](C(=O)C(=O)NC2CC2)NC(=O)C2[C@@H]3[C@H](CN2C1=O)C3(C)C. The number of hydrogen-bond donors (Lipinski definition) is 3. The first-order valence-corrected chi connectivity index (χ1v) is 14.8. The maximum Gasteiger partial charge on any atom is 0.408 e. The minimum absolute atomic E-state index is 0.0333. The number of amides is 4. The number of piperidine rings is 1. The molecule has 1 unspecified atom stereocenters. The van der Waals surface area contributed by atoms with Gasteiger partial charge in [-0.2, -0.15) is 0 Å². The van der Waals surface area contributed by atoms with Crippen molar-refractivity contribution in [2.45, 2.75) is 116 Å². The predicted molar refractivity (Wildman–Crippen MR) is 146 cm³/mol. The molecular formula is C29H46N4O7. The van der Waals surface area contributed by atoms with Crippen LogP contribution < -0.4 is 16.0 Å². The second kappa shape index (κ2) is 12.0. The molecule has 40 heavy (non-hydrogen) atoms. The molecule has 0 spiro atoms. The van der Waals surface area contributed by atoms with Gasteiger partial charge in [-0.05, 0) is 63.7 Å². The molecule has 2 aliphatic heterocycles. The number of hydrogen-bond acceptors (Lipinski definition) is 7. The average molecular weight is 563 g/mol. The zero-order valence-corrected chi connectivity index (χ0v) is 24.5. The van der Waals surface area contributed by atoms with Gasteiger partial charge in [0.25, 0.3) is 5.91 Å². The van der Waals surface area contributed by atoms with E-state index >= 15 is 0 Å². The Labute approximate surface area is 236 Å². The van der Waals surface area contributed by atoms with E-state index in [2.05, 4.69) is 29.8 Å². The molecule has 2 heterocycles. The average Bonchev–Trinajstić information content (AvgIpc) is 3.70. The maximum absolute atomic E-state index is 13.9. The zero-order chi connectivity index (χ0) is 29.2. The fourth-order valence-electron chi connectivity index (χ4n) is 6.09. The van der Waals surface area contributed by atoms with Gasteiger partial charge in [0, 0.05) is 19.2 Å². The normalized spacial score (nSPS) is 31.3. The minimum Gasteiger partial charge on any atom is -0.444 e. The first-order chi connectivity index (χ1) is 18.8. The molecule has 0 aromatic rings. The topological polar surface area (TPSA) is 143 Å². The van der Waals surface area contributed by atoms with Crippen molar-refractivity contribution >= 4 is 29.6 Å². The molecule has 2 saturated heterocycles. The number of alkyl carbamates (subject to hydrolysis) is 1. The lowest BCUT2D eigenvalue weighted by Gasteiger charge is -2.34. The Kier molecular flexibility index (Phi) is 9.11. The molecule has 11 heteroatoms. The van der Waals surface area contributed by atoms with Gasteiger partial charge in [0.05, 0.1) is 12.6 Å². The maximum atomic E-state index is 13.9. The number of nitrogens with one attached hydrogen (secondary N) is 3. The van der Waals surface area contributed by atoms with Crippen LogP contribution in [0.2, 0.25) is 0 Å². The van der Waals surface area contributed by atoms with E-state index in [-0.39, 0.29) is 29.9 Å². The lowest BCUT2D eigenvalue weighted by Crippen LogP contribution is -2.59. The fraction of sp³-hybridized carbons (Fsp3) is 0.828. The largest absolute Gasteiger partial charge is 0.444 e. The number of ketones is 1. The molecule has 0 bridgehead atoms. The number of carbonyl (C=O) groups is 5. The van der Waals surface area contributed by atoms with Crippen LogP contribution >= 0.6 is 0 Å². The number of carbonyl (C=O) groups excluding carboxylic acids is 5. The second-order valence-corrected chi connectivity index (χ2v) is 13.4. The van der Waals surface area contributed by atoms with E-state index in [1.807, 2.05) is 0 Å². The van der Waals surface area contributed by atoms with Crippen LogP contribution in [0.1, 0.15) is 86.0 Å². The third-order valence-corrected chi connectivity index (χ3v) is 8.58.